The van der Waals surface area contributed by atoms with E-state index in [4.69, 9.17) is 21.9 Å². The lowest BCUT2D eigenvalue weighted by Gasteiger charge is -2.22. The summed E-state index contributed by atoms with van der Waals surface area (Å²) in [6.45, 7) is 3.48. The summed E-state index contributed by atoms with van der Waals surface area (Å²) in [7, 11) is -3.76. The van der Waals surface area contributed by atoms with Crippen LogP contribution in [0, 0.1) is 0 Å². The molecule has 0 amide bonds. The zero-order chi connectivity index (χ0) is 21.5. The number of hydrogen-bond donors (Lipinski definition) is 2. The zero-order valence-corrected chi connectivity index (χ0v) is 18.3. The summed E-state index contributed by atoms with van der Waals surface area (Å²) in [4.78, 5) is 4.44. The number of rotatable bonds is 5. The average molecular weight is 447 g/mol. The lowest BCUT2D eigenvalue weighted by atomic mass is 9.87. The molecule has 1 aliphatic carbocycles. The second-order valence-corrected chi connectivity index (χ2v) is 9.85. The standard InChI is InChI=1S/C21H23ClN4O3S/c1-12(2)26-30(27,28)19-11-14(7-9-17(19)22)20-24-21(29-25-20)15-6-8-16-13(10-15)4-3-5-18(16)23/h6-12,18,26H,3-5,23H2,1-2H3. The van der Waals surface area contributed by atoms with Gasteiger partial charge in [0.1, 0.15) is 4.90 Å². The second kappa shape index (κ2) is 8.11. The minimum absolute atomic E-state index is 0.0236. The monoisotopic (exact) mass is 446 g/mol. The first kappa shape index (κ1) is 21.0. The van der Waals surface area contributed by atoms with Gasteiger partial charge in [0, 0.05) is 23.2 Å². The first-order valence-corrected chi connectivity index (χ1v) is 11.7. The largest absolute Gasteiger partial charge is 0.334 e. The SMILES string of the molecule is CC(C)NS(=O)(=O)c1cc(-c2noc(-c3ccc4c(c3)CCCC4N)n2)ccc1Cl. The van der Waals surface area contributed by atoms with E-state index >= 15 is 0 Å². The van der Waals surface area contributed by atoms with Crippen LogP contribution in [0.2, 0.25) is 5.02 Å². The van der Waals surface area contributed by atoms with Crippen LogP contribution < -0.4 is 10.5 Å². The van der Waals surface area contributed by atoms with Gasteiger partial charge in [-0.2, -0.15) is 4.98 Å². The van der Waals surface area contributed by atoms with Gasteiger partial charge in [-0.05, 0) is 74.6 Å². The van der Waals surface area contributed by atoms with Crippen LogP contribution in [0.1, 0.15) is 43.9 Å². The number of aromatic nitrogens is 2. The maximum absolute atomic E-state index is 12.6. The fourth-order valence-electron chi connectivity index (χ4n) is 3.67. The van der Waals surface area contributed by atoms with E-state index in [1.807, 2.05) is 18.2 Å². The van der Waals surface area contributed by atoms with Gasteiger partial charge in [0.15, 0.2) is 0 Å². The summed E-state index contributed by atoms with van der Waals surface area (Å²) in [6, 6.07) is 10.4. The molecule has 3 aromatic rings. The smallest absolute Gasteiger partial charge is 0.258 e. The van der Waals surface area contributed by atoms with E-state index in [9.17, 15) is 8.42 Å². The van der Waals surface area contributed by atoms with Crippen LogP contribution in [0.5, 0.6) is 0 Å². The second-order valence-electron chi connectivity index (χ2n) is 7.76. The molecule has 1 atom stereocenters. The van der Waals surface area contributed by atoms with E-state index in [1.165, 1.54) is 17.7 Å². The molecule has 30 heavy (non-hydrogen) atoms. The summed E-state index contributed by atoms with van der Waals surface area (Å²) in [6.07, 6.45) is 3.02. The van der Waals surface area contributed by atoms with Gasteiger partial charge in [0.05, 0.1) is 5.02 Å². The fourth-order valence-corrected chi connectivity index (χ4v) is 5.44. The number of halogens is 1. The van der Waals surface area contributed by atoms with Crippen LogP contribution in [-0.4, -0.2) is 24.6 Å². The fraction of sp³-hybridized carbons (Fsp3) is 0.333. The van der Waals surface area contributed by atoms with E-state index in [2.05, 4.69) is 14.9 Å². The highest BCUT2D eigenvalue weighted by Gasteiger charge is 2.22. The molecule has 9 heteroatoms. The number of nitrogens with zero attached hydrogens (tertiary/aromatic N) is 2. The Labute approximate surface area is 180 Å². The van der Waals surface area contributed by atoms with Crippen LogP contribution in [-0.2, 0) is 16.4 Å². The Morgan fingerprint density at radius 2 is 1.97 bits per heavy atom. The van der Waals surface area contributed by atoms with Gasteiger partial charge in [-0.1, -0.05) is 22.8 Å². The molecule has 2 aromatic carbocycles. The summed E-state index contributed by atoms with van der Waals surface area (Å²) >= 11 is 6.14. The third kappa shape index (κ3) is 4.13. The average Bonchev–Trinajstić information content (AvgIpc) is 3.17. The Morgan fingerprint density at radius 1 is 1.20 bits per heavy atom. The molecule has 0 bridgehead atoms. The molecule has 0 spiro atoms. The normalized spacial score (nSPS) is 16.6. The summed E-state index contributed by atoms with van der Waals surface area (Å²) < 4.78 is 33.1. The zero-order valence-electron chi connectivity index (χ0n) is 16.7. The molecule has 0 aliphatic heterocycles. The van der Waals surface area contributed by atoms with Crippen molar-refractivity contribution in [3.8, 4) is 22.8 Å². The topological polar surface area (TPSA) is 111 Å². The molecule has 1 heterocycles. The van der Waals surface area contributed by atoms with Crippen LogP contribution in [0.15, 0.2) is 45.8 Å². The van der Waals surface area contributed by atoms with Crippen molar-refractivity contribution in [3.05, 3.63) is 52.5 Å². The molecule has 4 rings (SSSR count). The Hall–Kier alpha value is -2.26. The Bertz CT molecular complexity index is 1190. The maximum atomic E-state index is 12.6. The van der Waals surface area contributed by atoms with Crippen molar-refractivity contribution < 1.29 is 12.9 Å². The van der Waals surface area contributed by atoms with Gasteiger partial charge in [0.2, 0.25) is 15.8 Å². The molecule has 158 valence electrons. The minimum atomic E-state index is -3.76. The number of nitrogens with one attached hydrogen (secondary N) is 1. The predicted molar refractivity (Wildman–Crippen MR) is 116 cm³/mol. The molecule has 0 radical (unpaired) electrons. The molecule has 1 aromatic heterocycles. The molecule has 0 fully saturated rings. The summed E-state index contributed by atoms with van der Waals surface area (Å²) in [5.74, 6) is 0.656. The molecule has 1 unspecified atom stereocenters. The van der Waals surface area contributed by atoms with Gasteiger partial charge in [-0.3, -0.25) is 0 Å². The lowest BCUT2D eigenvalue weighted by Crippen LogP contribution is -2.30. The van der Waals surface area contributed by atoms with E-state index in [0.717, 1.165) is 30.4 Å². The highest BCUT2D eigenvalue weighted by atomic mass is 35.5. The van der Waals surface area contributed by atoms with Gasteiger partial charge < -0.3 is 10.3 Å². The van der Waals surface area contributed by atoms with Gasteiger partial charge >= 0.3 is 0 Å². The quantitative estimate of drug-likeness (QED) is 0.610. The summed E-state index contributed by atoms with van der Waals surface area (Å²) in [5, 5.41) is 4.16. The van der Waals surface area contributed by atoms with Crippen LogP contribution in [0.4, 0.5) is 0 Å². The van der Waals surface area contributed by atoms with Gasteiger partial charge in [-0.15, -0.1) is 0 Å². The summed E-state index contributed by atoms with van der Waals surface area (Å²) in [5.41, 5.74) is 9.86. The number of fused-ring (bicyclic) bond motifs is 1. The van der Waals surface area contributed by atoms with E-state index in [1.54, 1.807) is 19.9 Å². The number of hydrogen-bond acceptors (Lipinski definition) is 6. The molecule has 3 N–H and O–H groups in total. The molecular formula is C21H23ClN4O3S. The lowest BCUT2D eigenvalue weighted by molar-refractivity contribution is 0.432. The van der Waals surface area contributed by atoms with E-state index < -0.39 is 10.0 Å². The Kier molecular flexibility index (Phi) is 5.67. The number of nitrogens with two attached hydrogens (primary N) is 1. The van der Waals surface area contributed by atoms with Crippen LogP contribution >= 0.6 is 11.6 Å². The van der Waals surface area contributed by atoms with Crippen molar-refractivity contribution in [2.75, 3.05) is 0 Å². The Morgan fingerprint density at radius 3 is 2.73 bits per heavy atom. The first-order valence-electron chi connectivity index (χ1n) is 9.79. The van der Waals surface area contributed by atoms with Crippen molar-refractivity contribution in [1.82, 2.24) is 14.9 Å². The molecule has 1 aliphatic rings. The van der Waals surface area contributed by atoms with Crippen molar-refractivity contribution in [2.24, 2.45) is 5.73 Å². The number of benzene rings is 2. The number of sulfonamides is 1. The van der Waals surface area contributed by atoms with Crippen molar-refractivity contribution in [1.29, 1.82) is 0 Å². The van der Waals surface area contributed by atoms with Crippen molar-refractivity contribution in [2.45, 2.75) is 50.1 Å². The van der Waals surface area contributed by atoms with E-state index in [0.29, 0.717) is 11.5 Å². The first-order chi connectivity index (χ1) is 14.2. The predicted octanol–water partition coefficient (Wildman–Crippen LogP) is 4.08. The Balaban J connectivity index is 1.67. The highest BCUT2D eigenvalue weighted by molar-refractivity contribution is 7.89. The van der Waals surface area contributed by atoms with Crippen LogP contribution in [0.3, 0.4) is 0 Å². The molecule has 7 nitrogen and oxygen atoms in total. The highest BCUT2D eigenvalue weighted by Crippen LogP contribution is 2.32. The van der Waals surface area contributed by atoms with E-state index in [-0.39, 0.29) is 27.8 Å². The van der Waals surface area contributed by atoms with Crippen molar-refractivity contribution in [3.63, 3.8) is 0 Å². The molecule has 0 saturated carbocycles. The minimum Gasteiger partial charge on any atom is -0.334 e. The molecular weight excluding hydrogens is 424 g/mol. The van der Waals surface area contributed by atoms with Gasteiger partial charge in [0.25, 0.3) is 5.89 Å². The third-order valence-electron chi connectivity index (χ3n) is 5.05. The van der Waals surface area contributed by atoms with Crippen LogP contribution in [0.25, 0.3) is 22.8 Å². The number of aryl methyl sites for hydroxylation is 1. The molecule has 0 saturated heterocycles. The third-order valence-corrected chi connectivity index (χ3v) is 7.19. The van der Waals surface area contributed by atoms with Gasteiger partial charge in [-0.25, -0.2) is 13.1 Å². The van der Waals surface area contributed by atoms with Crippen molar-refractivity contribution >= 4 is 21.6 Å². The maximum Gasteiger partial charge on any atom is 0.258 e.